The molecule has 0 atom stereocenters. The highest BCUT2D eigenvalue weighted by molar-refractivity contribution is 7.53. The molecule has 0 heterocycles. The minimum absolute atomic E-state index is 0.278. The molecule has 1 rings (SSSR count). The third kappa shape index (κ3) is 18.7. The van der Waals surface area contributed by atoms with Gasteiger partial charge >= 0.3 is 19.5 Å². The second-order valence-corrected chi connectivity index (χ2v) is 11.0. The molecule has 37 heavy (non-hydrogen) atoms. The zero-order chi connectivity index (χ0) is 27.0. The summed E-state index contributed by atoms with van der Waals surface area (Å²) < 4.78 is 35.0. The predicted octanol–water partition coefficient (Wildman–Crippen LogP) is 7.55. The number of benzene rings is 1. The van der Waals surface area contributed by atoms with Crippen molar-refractivity contribution in [3.05, 3.63) is 61.2 Å². The minimum atomic E-state index is -3.22. The average molecular weight is 537 g/mol. The van der Waals surface area contributed by atoms with Gasteiger partial charge in [0.2, 0.25) is 0 Å². The maximum Gasteiger partial charge on any atom is 0.335 e. The van der Waals surface area contributed by atoms with Gasteiger partial charge in [0.25, 0.3) is 0 Å². The predicted molar refractivity (Wildman–Crippen MR) is 147 cm³/mol. The number of esters is 2. The minimum Gasteiger partial charge on any atom is -0.463 e. The lowest BCUT2D eigenvalue weighted by molar-refractivity contribution is -0.138. The highest BCUT2D eigenvalue weighted by Gasteiger charge is 2.25. The highest BCUT2D eigenvalue weighted by Crippen LogP contribution is 2.51. The van der Waals surface area contributed by atoms with Gasteiger partial charge in [-0.15, -0.1) is 0 Å². The van der Waals surface area contributed by atoms with Crippen molar-refractivity contribution in [2.45, 2.75) is 83.2 Å². The van der Waals surface area contributed by atoms with Crippen LogP contribution in [0.5, 0.6) is 0 Å². The molecule has 0 aliphatic rings. The zero-order valence-electron chi connectivity index (χ0n) is 22.3. The first-order valence-corrected chi connectivity index (χ1v) is 15.2. The summed E-state index contributed by atoms with van der Waals surface area (Å²) in [4.78, 5) is 22.0. The van der Waals surface area contributed by atoms with E-state index in [-0.39, 0.29) is 18.1 Å². The van der Waals surface area contributed by atoms with Crippen LogP contribution in [0.3, 0.4) is 0 Å². The van der Waals surface area contributed by atoms with Crippen LogP contribution in [0, 0.1) is 0 Å². The summed E-state index contributed by atoms with van der Waals surface area (Å²) in [5, 5.41) is 0. The first-order chi connectivity index (χ1) is 18.0. The van der Waals surface area contributed by atoms with E-state index in [0.717, 1.165) is 82.6 Å². The van der Waals surface area contributed by atoms with Crippen molar-refractivity contribution < 1.29 is 32.7 Å². The number of carbonyl (C=O) groups excluding carboxylic acids is 2. The Morgan fingerprint density at radius 2 is 1.00 bits per heavy atom. The lowest BCUT2D eigenvalue weighted by Gasteiger charge is -2.19. The van der Waals surface area contributed by atoms with Crippen LogP contribution in [0.4, 0.5) is 0 Å². The largest absolute Gasteiger partial charge is 0.463 e. The molecule has 1 aromatic carbocycles. The van der Waals surface area contributed by atoms with E-state index in [4.69, 9.17) is 18.5 Å². The van der Waals surface area contributed by atoms with Crippen LogP contribution >= 0.6 is 7.60 Å². The molecule has 0 aromatic heterocycles. The van der Waals surface area contributed by atoms with E-state index >= 15 is 0 Å². The van der Waals surface area contributed by atoms with E-state index in [0.29, 0.717) is 26.4 Å². The first-order valence-electron chi connectivity index (χ1n) is 13.5. The van der Waals surface area contributed by atoms with Gasteiger partial charge in [0, 0.05) is 12.2 Å². The molecule has 1 aromatic rings. The van der Waals surface area contributed by atoms with Crippen molar-refractivity contribution >= 4 is 19.5 Å². The number of carbonyl (C=O) groups is 2. The Balaban J connectivity index is 2.22. The van der Waals surface area contributed by atoms with E-state index < -0.39 is 7.60 Å². The van der Waals surface area contributed by atoms with E-state index in [1.807, 2.05) is 30.3 Å². The first kappa shape index (κ1) is 32.8. The van der Waals surface area contributed by atoms with Gasteiger partial charge < -0.3 is 18.5 Å². The van der Waals surface area contributed by atoms with Crippen LogP contribution < -0.4 is 0 Å². The van der Waals surface area contributed by atoms with Gasteiger partial charge in [-0.3, -0.25) is 4.57 Å². The zero-order valence-corrected chi connectivity index (χ0v) is 23.2. The van der Waals surface area contributed by atoms with Crippen LogP contribution in [0.25, 0.3) is 0 Å². The molecule has 208 valence electrons. The SMILES string of the molecule is C=CC(=O)OCCCCCCCCOP(=O)(Cc1ccccc1)OCCCCCCCCOC(=O)C=C. The number of ether oxygens (including phenoxy) is 2. The maximum absolute atomic E-state index is 13.4. The smallest absolute Gasteiger partial charge is 0.335 e. The molecule has 0 spiro atoms. The van der Waals surface area contributed by atoms with Crippen LogP contribution in [0.2, 0.25) is 0 Å². The van der Waals surface area contributed by atoms with Crippen molar-refractivity contribution in [1.82, 2.24) is 0 Å². The van der Waals surface area contributed by atoms with Crippen molar-refractivity contribution in [3.8, 4) is 0 Å². The third-order valence-electron chi connectivity index (χ3n) is 5.69. The van der Waals surface area contributed by atoms with Gasteiger partial charge in [0.1, 0.15) is 0 Å². The van der Waals surface area contributed by atoms with Crippen molar-refractivity contribution in [2.24, 2.45) is 0 Å². The summed E-state index contributed by atoms with van der Waals surface area (Å²) in [5.74, 6) is -0.750. The molecule has 0 bridgehead atoms. The van der Waals surface area contributed by atoms with E-state index in [1.165, 1.54) is 12.2 Å². The van der Waals surface area contributed by atoms with Gasteiger partial charge in [0.05, 0.1) is 32.6 Å². The fourth-order valence-corrected chi connectivity index (χ4v) is 5.36. The number of hydrogen-bond donors (Lipinski definition) is 0. The molecule has 0 N–H and O–H groups in total. The third-order valence-corrected chi connectivity index (χ3v) is 7.60. The topological polar surface area (TPSA) is 88.1 Å². The molecule has 0 aliphatic heterocycles. The fraction of sp³-hybridized carbons (Fsp3) is 0.586. The molecule has 0 unspecified atom stereocenters. The van der Waals surface area contributed by atoms with Crippen LogP contribution in [0.1, 0.15) is 82.6 Å². The van der Waals surface area contributed by atoms with Gasteiger partial charge in [0.15, 0.2) is 0 Å². The van der Waals surface area contributed by atoms with E-state index in [1.54, 1.807) is 0 Å². The summed E-state index contributed by atoms with van der Waals surface area (Å²) in [5.41, 5.74) is 0.945. The fourth-order valence-electron chi connectivity index (χ4n) is 3.63. The second-order valence-electron chi connectivity index (χ2n) is 8.91. The average Bonchev–Trinajstić information content (AvgIpc) is 2.91. The summed E-state index contributed by atoms with van der Waals surface area (Å²) in [6.45, 7) is 8.44. The molecule has 0 saturated heterocycles. The Labute approximate surface area is 223 Å². The molecule has 7 nitrogen and oxygen atoms in total. The maximum atomic E-state index is 13.4. The number of unbranched alkanes of at least 4 members (excludes halogenated alkanes) is 10. The molecule has 0 fully saturated rings. The molecule has 8 heteroatoms. The quantitative estimate of drug-likeness (QED) is 0.0583. The molecular weight excluding hydrogens is 491 g/mol. The molecule has 0 aliphatic carbocycles. The Morgan fingerprint density at radius 3 is 1.41 bits per heavy atom. The Morgan fingerprint density at radius 1 is 0.622 bits per heavy atom. The molecule has 0 radical (unpaired) electrons. The Bertz CT molecular complexity index is 766. The Kier molecular flexibility index (Phi) is 19.4. The number of hydrogen-bond acceptors (Lipinski definition) is 7. The highest BCUT2D eigenvalue weighted by atomic mass is 31.2. The molecule has 0 amide bonds. The van der Waals surface area contributed by atoms with Gasteiger partial charge in [-0.05, 0) is 31.2 Å². The van der Waals surface area contributed by atoms with Crippen molar-refractivity contribution in [2.75, 3.05) is 26.4 Å². The molecule has 0 saturated carbocycles. The van der Waals surface area contributed by atoms with Crippen LogP contribution in [0.15, 0.2) is 55.6 Å². The van der Waals surface area contributed by atoms with Crippen molar-refractivity contribution in [3.63, 3.8) is 0 Å². The van der Waals surface area contributed by atoms with Gasteiger partial charge in [-0.2, -0.15) is 0 Å². The van der Waals surface area contributed by atoms with Gasteiger partial charge in [-0.1, -0.05) is 94.9 Å². The van der Waals surface area contributed by atoms with Crippen LogP contribution in [-0.4, -0.2) is 38.4 Å². The normalized spacial score (nSPS) is 11.1. The summed E-state index contributed by atoms with van der Waals surface area (Å²) >= 11 is 0. The van der Waals surface area contributed by atoms with Crippen molar-refractivity contribution in [1.29, 1.82) is 0 Å². The second kappa shape index (κ2) is 21.8. The van der Waals surface area contributed by atoms with E-state index in [9.17, 15) is 14.2 Å². The summed E-state index contributed by atoms with van der Waals surface area (Å²) in [7, 11) is -3.22. The Hall–Kier alpha value is -2.21. The van der Waals surface area contributed by atoms with E-state index in [2.05, 4.69) is 13.2 Å². The molecular formula is C29H45O7P. The monoisotopic (exact) mass is 536 g/mol. The van der Waals surface area contributed by atoms with Gasteiger partial charge in [-0.25, -0.2) is 9.59 Å². The summed E-state index contributed by atoms with van der Waals surface area (Å²) in [6, 6.07) is 9.67. The number of rotatable bonds is 24. The summed E-state index contributed by atoms with van der Waals surface area (Å²) in [6.07, 6.45) is 14.2. The standard InChI is InChI=1S/C29H45O7P/c1-3-28(30)33-22-16-9-5-7-11-18-24-35-37(32,26-27-20-14-13-15-21-27)36-25-19-12-8-6-10-17-23-34-29(31)4-2/h3-4,13-15,20-21H,1-2,5-12,16-19,22-26H2. The lowest BCUT2D eigenvalue weighted by Crippen LogP contribution is -2.03. The lowest BCUT2D eigenvalue weighted by atomic mass is 10.1. The van der Waals surface area contributed by atoms with Crippen LogP contribution in [-0.2, 0) is 38.8 Å².